The number of amides is 4. The Hall–Kier alpha value is -7.20. The third-order valence-corrected chi connectivity index (χ3v) is 17.6. The zero-order valence-electron chi connectivity index (χ0n) is 45.2. The molecule has 6 aromatic rings. The molecule has 14 N–H and O–H groups in total. The van der Waals surface area contributed by atoms with Crippen molar-refractivity contribution < 1.29 is 40.2 Å². The zero-order valence-corrected chi connectivity index (χ0v) is 45.2. The van der Waals surface area contributed by atoms with Crippen LogP contribution in [0.15, 0.2) is 25.0 Å². The molecule has 440 valence electrons. The quantitative estimate of drug-likeness (QED) is 0.0468. The number of nitrogens with zero attached hydrogens (tertiary/aromatic N) is 16. The molecule has 3 saturated carbocycles. The second-order valence-electron chi connectivity index (χ2n) is 23.0. The third-order valence-electron chi connectivity index (χ3n) is 17.6. The maximum absolute atomic E-state index is 13.0. The van der Waals surface area contributed by atoms with Crippen LogP contribution < -0.4 is 52.3 Å². The van der Waals surface area contributed by atoms with E-state index in [4.69, 9.17) is 29.9 Å². The summed E-state index contributed by atoms with van der Waals surface area (Å²) >= 11 is 0. The lowest BCUT2D eigenvalue weighted by molar-refractivity contribution is 0.00491. The highest BCUT2D eigenvalue weighted by Gasteiger charge is 2.47. The summed E-state index contributed by atoms with van der Waals surface area (Å²) in [6, 6.07) is -3.33. The smallest absolute Gasteiger partial charge is 0.315 e. The Morgan fingerprint density at radius 3 is 1.33 bits per heavy atom. The van der Waals surface area contributed by atoms with Gasteiger partial charge in [0.2, 0.25) is 11.9 Å². The van der Waals surface area contributed by atoms with Gasteiger partial charge in [0.15, 0.2) is 34.0 Å². The number of fused-ring (bicyclic) bond motifs is 2. The predicted molar refractivity (Wildman–Crippen MR) is 292 cm³/mol. The molecule has 32 nitrogen and oxygen atoms in total. The number of aliphatic hydroxyl groups excluding tert-OH is 6. The first-order valence-electron chi connectivity index (χ1n) is 28.8. The van der Waals surface area contributed by atoms with Gasteiger partial charge in [-0.3, -0.25) is 0 Å². The second kappa shape index (κ2) is 22.9. The predicted octanol–water partition coefficient (Wildman–Crippen LogP) is -2.74. The molecule has 0 spiro atoms. The van der Waals surface area contributed by atoms with Gasteiger partial charge in [-0.15, -0.1) is 0 Å². The number of nitrogens with one attached hydrogen (secondary N) is 8. The maximum atomic E-state index is 13.0. The van der Waals surface area contributed by atoms with Crippen LogP contribution in [0, 0.1) is 0 Å². The van der Waals surface area contributed by atoms with Gasteiger partial charge in [0.25, 0.3) is 0 Å². The van der Waals surface area contributed by atoms with Crippen molar-refractivity contribution in [1.82, 2.24) is 101 Å². The highest BCUT2D eigenvalue weighted by atomic mass is 16.3. The molecule has 7 aliphatic rings. The Balaban J connectivity index is 0.742. The number of imidazole rings is 2. The van der Waals surface area contributed by atoms with Gasteiger partial charge in [0.05, 0.1) is 50.3 Å². The average Bonchev–Trinajstić information content (AvgIpc) is 4.41. The van der Waals surface area contributed by atoms with Gasteiger partial charge in [-0.25, -0.2) is 19.6 Å². The van der Waals surface area contributed by atoms with E-state index in [1.807, 2.05) is 9.80 Å². The van der Waals surface area contributed by atoms with Crippen molar-refractivity contribution in [3.63, 3.8) is 0 Å². The first-order chi connectivity index (χ1) is 39.9. The topological polar surface area (TPSA) is 407 Å². The van der Waals surface area contributed by atoms with Crippen LogP contribution in [-0.2, 0) is 13.2 Å². The zero-order chi connectivity index (χ0) is 56.2. The maximum Gasteiger partial charge on any atom is 0.315 e. The molecule has 6 aromatic heterocycles. The first kappa shape index (κ1) is 54.1. The number of rotatable bonds is 16. The van der Waals surface area contributed by atoms with Crippen LogP contribution in [0.1, 0.15) is 99.8 Å². The minimum Gasteiger partial charge on any atom is -0.390 e. The van der Waals surface area contributed by atoms with Crippen LogP contribution in [0.3, 0.4) is 0 Å². The van der Waals surface area contributed by atoms with Crippen molar-refractivity contribution in [3.05, 3.63) is 36.4 Å². The monoisotopic (exact) mass is 1140 g/mol. The fraction of sp³-hybridized carbons (Fsp3) is 0.680. The summed E-state index contributed by atoms with van der Waals surface area (Å²) in [4.78, 5) is 62.8. The summed E-state index contributed by atoms with van der Waals surface area (Å²) in [5.74, 6) is 1.89. The van der Waals surface area contributed by atoms with Gasteiger partial charge in [-0.2, -0.15) is 49.9 Å². The van der Waals surface area contributed by atoms with Crippen molar-refractivity contribution in [1.29, 1.82) is 0 Å². The molecule has 0 radical (unpaired) electrons. The van der Waals surface area contributed by atoms with Crippen molar-refractivity contribution in [3.8, 4) is 0 Å². The van der Waals surface area contributed by atoms with E-state index in [-0.39, 0.29) is 74.4 Å². The summed E-state index contributed by atoms with van der Waals surface area (Å²) in [6.45, 7) is 4.66. The largest absolute Gasteiger partial charge is 0.390 e. The highest BCUT2D eigenvalue weighted by Crippen LogP contribution is 2.42. The number of hydrogen-bond donors (Lipinski definition) is 14. The van der Waals surface area contributed by atoms with Gasteiger partial charge in [0.1, 0.15) is 47.9 Å². The Kier molecular flexibility index (Phi) is 15.1. The van der Waals surface area contributed by atoms with Crippen LogP contribution in [0.25, 0.3) is 22.3 Å². The van der Waals surface area contributed by atoms with E-state index in [9.17, 15) is 40.2 Å². The highest BCUT2D eigenvalue weighted by molar-refractivity contribution is 5.86. The molecule has 82 heavy (non-hydrogen) atoms. The van der Waals surface area contributed by atoms with Crippen molar-refractivity contribution >= 4 is 57.9 Å². The number of hydrogen-bond acceptors (Lipinski definition) is 24. The average molecular weight is 1140 g/mol. The van der Waals surface area contributed by atoms with Crippen LogP contribution in [0.5, 0.6) is 0 Å². The van der Waals surface area contributed by atoms with Gasteiger partial charge in [-0.05, 0) is 77.3 Å². The molecule has 32 heteroatoms. The molecule has 13 rings (SSSR count). The van der Waals surface area contributed by atoms with Gasteiger partial charge < -0.3 is 92.1 Å². The summed E-state index contributed by atoms with van der Waals surface area (Å²) in [7, 11) is 0. The van der Waals surface area contributed by atoms with Gasteiger partial charge in [0, 0.05) is 75.5 Å². The van der Waals surface area contributed by atoms with Gasteiger partial charge in [-0.1, -0.05) is 0 Å². The molecule has 4 amide bonds. The number of urea groups is 2. The molecule has 12 atom stereocenters. The standard InChI is InChI=1S/C50H72N24O8/c75-21-31-17-55-73(67-31)35-13-33(39(77)41(35)79)71-23-53-37-43(63-47(65-45(37)71)69-11-7-29(19-69)61-49(81)59-27-5-9-51-15-27)57-25-1-2-26(4-3-25)58-44-38-46(66-48(64-44)70-12-8-30(20-70)62-50(82)60-28-6-10-52-16-28)72(24-54-38)34-14-36(42(80)40(34)78)74-56-18-32(22-76)68-74/h17-18,23-30,33-36,39-42,51-52,75-80H,1-16,19-22H2,(H,57,63,65)(H,58,64,66)(H2,59,61,81)(H2,60,62,82)/t25-,26-,27-,28-,29-,30-,33-,34-,35+,36+,39+,40+,41-,42-/m1/s1. The minimum absolute atomic E-state index is 0.0388. The fourth-order valence-corrected chi connectivity index (χ4v) is 13.1. The van der Waals surface area contributed by atoms with E-state index in [0.29, 0.717) is 96.3 Å². The molecule has 7 fully saturated rings. The SMILES string of the molecule is O=C(N[C@@H]1CCNC1)N[C@@H]1CCN(c2nc(N[C@H]3CC[C@H](Nc4nc(N5CC[C@@H](NC(=O)N[C@@H]6CCNC6)C5)nc5c4ncn5[C@@H]4C[C@H](n5ncc(CO)n5)[C@@H](O)[C@H]4O)CC3)c3ncn([C@@H]4C[C@H](n5ncc(CO)n5)[C@@H](O)[C@H]4O)c3n2)C1. The molecule has 4 aliphatic heterocycles. The van der Waals surface area contributed by atoms with Crippen LogP contribution in [-0.4, -0.2) is 225 Å². The number of carbonyl (C=O) groups is 2. The Labute approximate surface area is 469 Å². The molecule has 3 aliphatic carbocycles. The summed E-state index contributed by atoms with van der Waals surface area (Å²) in [5, 5.41) is 109. The van der Waals surface area contributed by atoms with Gasteiger partial charge >= 0.3 is 12.1 Å². The second-order valence-corrected chi connectivity index (χ2v) is 23.0. The fourth-order valence-electron chi connectivity index (χ4n) is 13.1. The third kappa shape index (κ3) is 10.8. The van der Waals surface area contributed by atoms with E-state index < -0.39 is 48.6 Å². The lowest BCUT2D eigenvalue weighted by atomic mass is 9.91. The molecule has 10 heterocycles. The van der Waals surface area contributed by atoms with E-state index in [0.717, 1.165) is 64.7 Å². The molecular weight excluding hydrogens is 1060 g/mol. The van der Waals surface area contributed by atoms with Crippen molar-refractivity contribution in [2.45, 2.75) is 162 Å². The van der Waals surface area contributed by atoms with Crippen molar-refractivity contribution in [2.24, 2.45) is 0 Å². The Bertz CT molecular complexity index is 3020. The van der Waals surface area contributed by atoms with E-state index >= 15 is 0 Å². The number of aromatic nitrogens is 14. The van der Waals surface area contributed by atoms with E-state index in [1.54, 1.807) is 21.8 Å². The normalized spacial score (nSPS) is 31.2. The molecule has 4 saturated heterocycles. The first-order valence-corrected chi connectivity index (χ1v) is 28.8. The Morgan fingerprint density at radius 1 is 0.524 bits per heavy atom. The molecular formula is C50H72N24O8. The van der Waals surface area contributed by atoms with Crippen LogP contribution >= 0.6 is 0 Å². The van der Waals surface area contributed by atoms with Crippen LogP contribution in [0.2, 0.25) is 0 Å². The van der Waals surface area contributed by atoms with Crippen LogP contribution in [0.4, 0.5) is 33.1 Å². The molecule has 0 aromatic carbocycles. The molecule has 0 bridgehead atoms. The number of carbonyl (C=O) groups excluding carboxylic acids is 2. The minimum atomic E-state index is -1.22. The summed E-state index contributed by atoms with van der Waals surface area (Å²) < 4.78 is 3.57. The lowest BCUT2D eigenvalue weighted by Gasteiger charge is -2.31. The number of aliphatic hydroxyl groups is 6. The van der Waals surface area contributed by atoms with Crippen molar-refractivity contribution in [2.75, 3.05) is 72.8 Å². The van der Waals surface area contributed by atoms with E-state index in [2.05, 4.69) is 62.9 Å². The summed E-state index contributed by atoms with van der Waals surface area (Å²) in [6.07, 6.45) is 7.72. The lowest BCUT2D eigenvalue weighted by Crippen LogP contribution is -2.47. The number of anilines is 4. The Morgan fingerprint density at radius 2 is 0.939 bits per heavy atom. The molecule has 0 unspecified atom stereocenters. The summed E-state index contributed by atoms with van der Waals surface area (Å²) in [5.41, 5.74) is 2.60. The van der Waals surface area contributed by atoms with E-state index in [1.165, 1.54) is 22.0 Å².